The smallest absolute Gasteiger partial charge is 0.126 e. The summed E-state index contributed by atoms with van der Waals surface area (Å²) in [5.41, 5.74) is 0.744. The van der Waals surface area contributed by atoms with E-state index in [1.54, 1.807) is 6.07 Å². The molecule has 0 aliphatic rings. The van der Waals surface area contributed by atoms with Gasteiger partial charge in [0.25, 0.3) is 0 Å². The number of hydrogen-bond donors (Lipinski definition) is 1. The summed E-state index contributed by atoms with van der Waals surface area (Å²) in [5, 5.41) is 3.24. The third-order valence-corrected chi connectivity index (χ3v) is 3.42. The van der Waals surface area contributed by atoms with Gasteiger partial charge in [0, 0.05) is 11.0 Å². The Morgan fingerprint density at radius 2 is 1.75 bits per heavy atom. The molecule has 0 aliphatic carbocycles. The summed E-state index contributed by atoms with van der Waals surface area (Å²) in [4.78, 5) is 0. The van der Waals surface area contributed by atoms with Crippen LogP contribution in [-0.2, 0) is 6.42 Å². The van der Waals surface area contributed by atoms with E-state index in [2.05, 4.69) is 21.2 Å². The van der Waals surface area contributed by atoms with Crippen LogP contribution < -0.4 is 10.1 Å². The highest BCUT2D eigenvalue weighted by atomic mass is 79.9. The van der Waals surface area contributed by atoms with Gasteiger partial charge in [-0.05, 0) is 48.9 Å². The van der Waals surface area contributed by atoms with E-state index in [9.17, 15) is 4.39 Å². The van der Waals surface area contributed by atoms with Gasteiger partial charge in [0.1, 0.15) is 18.2 Å². The number of nitrogens with one attached hydrogen (secondary N) is 1. The van der Waals surface area contributed by atoms with Gasteiger partial charge in [-0.3, -0.25) is 0 Å². The van der Waals surface area contributed by atoms with E-state index < -0.39 is 0 Å². The second kappa shape index (κ2) is 8.02. The average molecular weight is 338 g/mol. The van der Waals surface area contributed by atoms with E-state index in [0.29, 0.717) is 13.0 Å². The lowest BCUT2D eigenvalue weighted by Gasteiger charge is -2.08. The van der Waals surface area contributed by atoms with Crippen molar-refractivity contribution in [3.63, 3.8) is 0 Å². The maximum atomic E-state index is 13.4. The standard InChI is InChI=1S/C16H17BrFNO/c17-14-5-7-15(8-6-14)20-12-11-19-10-9-13-3-1-2-4-16(13)18/h1-8,19H,9-12H2. The maximum absolute atomic E-state index is 13.4. The molecule has 0 amide bonds. The molecule has 0 unspecified atom stereocenters. The topological polar surface area (TPSA) is 21.3 Å². The monoisotopic (exact) mass is 337 g/mol. The van der Waals surface area contributed by atoms with Gasteiger partial charge in [0.05, 0.1) is 0 Å². The van der Waals surface area contributed by atoms with Gasteiger partial charge >= 0.3 is 0 Å². The Bertz CT molecular complexity index is 530. The molecule has 2 nitrogen and oxygen atoms in total. The predicted octanol–water partition coefficient (Wildman–Crippen LogP) is 3.80. The number of ether oxygens (including phenoxy) is 1. The quantitative estimate of drug-likeness (QED) is 0.776. The van der Waals surface area contributed by atoms with Crippen LogP contribution in [0.2, 0.25) is 0 Å². The van der Waals surface area contributed by atoms with Crippen molar-refractivity contribution in [2.45, 2.75) is 6.42 Å². The van der Waals surface area contributed by atoms with Crippen molar-refractivity contribution in [2.24, 2.45) is 0 Å². The highest BCUT2D eigenvalue weighted by Gasteiger charge is 1.99. The molecule has 0 fully saturated rings. The molecule has 0 aliphatic heterocycles. The maximum Gasteiger partial charge on any atom is 0.126 e. The first kappa shape index (κ1) is 15.0. The van der Waals surface area contributed by atoms with Crippen molar-refractivity contribution in [1.29, 1.82) is 0 Å². The molecule has 20 heavy (non-hydrogen) atoms. The normalized spacial score (nSPS) is 10.5. The van der Waals surface area contributed by atoms with E-state index in [0.717, 1.165) is 28.9 Å². The molecule has 0 radical (unpaired) electrons. The van der Waals surface area contributed by atoms with Crippen molar-refractivity contribution in [2.75, 3.05) is 19.7 Å². The third kappa shape index (κ3) is 4.94. The van der Waals surface area contributed by atoms with Crippen LogP contribution in [0.1, 0.15) is 5.56 Å². The molecule has 0 saturated carbocycles. The number of benzene rings is 2. The first-order valence-corrected chi connectivity index (χ1v) is 7.37. The van der Waals surface area contributed by atoms with Crippen molar-refractivity contribution < 1.29 is 9.13 Å². The minimum atomic E-state index is -0.139. The van der Waals surface area contributed by atoms with Crippen LogP contribution in [0.25, 0.3) is 0 Å². The minimum Gasteiger partial charge on any atom is -0.492 e. The molecule has 1 N–H and O–H groups in total. The minimum absolute atomic E-state index is 0.139. The number of halogens is 2. The summed E-state index contributed by atoms with van der Waals surface area (Å²) in [6, 6.07) is 14.6. The van der Waals surface area contributed by atoms with Gasteiger partial charge in [0.2, 0.25) is 0 Å². The predicted molar refractivity (Wildman–Crippen MR) is 82.6 cm³/mol. The van der Waals surface area contributed by atoms with E-state index in [1.165, 1.54) is 6.07 Å². The summed E-state index contributed by atoms with van der Waals surface area (Å²) in [7, 11) is 0. The SMILES string of the molecule is Fc1ccccc1CCNCCOc1ccc(Br)cc1. The molecule has 4 heteroatoms. The lowest BCUT2D eigenvalue weighted by Crippen LogP contribution is -2.23. The number of hydrogen-bond acceptors (Lipinski definition) is 2. The van der Waals surface area contributed by atoms with Gasteiger partial charge in [-0.15, -0.1) is 0 Å². The van der Waals surface area contributed by atoms with Gasteiger partial charge in [-0.25, -0.2) is 4.39 Å². The Hall–Kier alpha value is -1.39. The van der Waals surface area contributed by atoms with E-state index in [4.69, 9.17) is 4.74 Å². The molecule has 2 rings (SSSR count). The van der Waals surface area contributed by atoms with Crippen LogP contribution >= 0.6 is 15.9 Å². The van der Waals surface area contributed by atoms with E-state index in [-0.39, 0.29) is 5.82 Å². The van der Waals surface area contributed by atoms with Crippen LogP contribution in [0.3, 0.4) is 0 Å². The van der Waals surface area contributed by atoms with Gasteiger partial charge < -0.3 is 10.1 Å². The molecule has 2 aromatic rings. The summed E-state index contributed by atoms with van der Waals surface area (Å²) >= 11 is 3.38. The van der Waals surface area contributed by atoms with Crippen LogP contribution in [0.15, 0.2) is 53.0 Å². The highest BCUT2D eigenvalue weighted by Crippen LogP contribution is 2.15. The van der Waals surface area contributed by atoms with E-state index in [1.807, 2.05) is 36.4 Å². The zero-order valence-electron chi connectivity index (χ0n) is 11.1. The first-order valence-electron chi connectivity index (χ1n) is 6.58. The Kier molecular flexibility index (Phi) is 6.02. The molecule has 0 spiro atoms. The highest BCUT2D eigenvalue weighted by molar-refractivity contribution is 9.10. The lowest BCUT2D eigenvalue weighted by molar-refractivity contribution is 0.314. The number of rotatable bonds is 7. The fourth-order valence-electron chi connectivity index (χ4n) is 1.82. The third-order valence-electron chi connectivity index (χ3n) is 2.89. The second-order valence-corrected chi connectivity index (χ2v) is 5.31. The molecule has 0 atom stereocenters. The Morgan fingerprint density at radius 1 is 1.00 bits per heavy atom. The van der Waals surface area contributed by atoms with Crippen LogP contribution in [0, 0.1) is 5.82 Å². The fraction of sp³-hybridized carbons (Fsp3) is 0.250. The summed E-state index contributed by atoms with van der Waals surface area (Å²) in [6.07, 6.45) is 0.685. The van der Waals surface area contributed by atoms with Gasteiger partial charge in [0.15, 0.2) is 0 Å². The van der Waals surface area contributed by atoms with Crippen molar-refractivity contribution >= 4 is 15.9 Å². The van der Waals surface area contributed by atoms with Gasteiger partial charge in [-0.1, -0.05) is 34.1 Å². The summed E-state index contributed by atoms with van der Waals surface area (Å²) in [6.45, 7) is 2.08. The Balaban J connectivity index is 1.60. The molecule has 2 aromatic carbocycles. The second-order valence-electron chi connectivity index (χ2n) is 4.39. The molecule has 0 aromatic heterocycles. The molecular formula is C16H17BrFNO. The van der Waals surface area contributed by atoms with Crippen LogP contribution in [-0.4, -0.2) is 19.7 Å². The molecule has 0 saturated heterocycles. The average Bonchev–Trinajstić information content (AvgIpc) is 2.46. The first-order chi connectivity index (χ1) is 9.75. The summed E-state index contributed by atoms with van der Waals surface area (Å²) < 4.78 is 20.0. The summed E-state index contributed by atoms with van der Waals surface area (Å²) in [5.74, 6) is 0.713. The largest absolute Gasteiger partial charge is 0.492 e. The molecule has 0 heterocycles. The molecule has 106 valence electrons. The van der Waals surface area contributed by atoms with Crippen molar-refractivity contribution in [3.8, 4) is 5.75 Å². The zero-order chi connectivity index (χ0) is 14.2. The van der Waals surface area contributed by atoms with Crippen LogP contribution in [0.5, 0.6) is 5.75 Å². The van der Waals surface area contributed by atoms with Crippen molar-refractivity contribution in [1.82, 2.24) is 5.32 Å². The zero-order valence-corrected chi connectivity index (χ0v) is 12.7. The molecular weight excluding hydrogens is 321 g/mol. The Morgan fingerprint density at radius 3 is 2.50 bits per heavy atom. The fourth-order valence-corrected chi connectivity index (χ4v) is 2.09. The lowest BCUT2D eigenvalue weighted by atomic mass is 10.1. The van der Waals surface area contributed by atoms with E-state index >= 15 is 0 Å². The molecule has 0 bridgehead atoms. The Labute approximate surface area is 127 Å². The van der Waals surface area contributed by atoms with Gasteiger partial charge in [-0.2, -0.15) is 0 Å². The van der Waals surface area contributed by atoms with Crippen LogP contribution in [0.4, 0.5) is 4.39 Å². The van der Waals surface area contributed by atoms with Crippen molar-refractivity contribution in [3.05, 3.63) is 64.4 Å².